The lowest BCUT2D eigenvalue weighted by Crippen LogP contribution is -2.33. The van der Waals surface area contributed by atoms with E-state index in [1.54, 1.807) is 0 Å². The van der Waals surface area contributed by atoms with Crippen LogP contribution in [0.1, 0.15) is 19.3 Å². The van der Waals surface area contributed by atoms with Crippen LogP contribution in [0.4, 0.5) is 5.69 Å². The molecule has 0 amide bonds. The van der Waals surface area contributed by atoms with Gasteiger partial charge in [0.2, 0.25) is 0 Å². The standard InChI is InChI=1S/C13H20N2/c1-3-7-13(8-4-1)14-9-12-15-10-5-2-6-11-15/h1,3-4,7-8,14H,2,5-6,9-12H2. The number of likely N-dealkylation sites (tertiary alicyclic amines) is 1. The summed E-state index contributed by atoms with van der Waals surface area (Å²) in [5.74, 6) is 0. The molecule has 1 fully saturated rings. The first kappa shape index (κ1) is 10.5. The fourth-order valence-corrected chi connectivity index (χ4v) is 2.10. The van der Waals surface area contributed by atoms with Crippen molar-refractivity contribution in [1.29, 1.82) is 0 Å². The molecule has 1 aromatic carbocycles. The van der Waals surface area contributed by atoms with Gasteiger partial charge in [0, 0.05) is 18.8 Å². The summed E-state index contributed by atoms with van der Waals surface area (Å²) in [6.45, 7) is 4.81. The van der Waals surface area contributed by atoms with E-state index >= 15 is 0 Å². The fraction of sp³-hybridized carbons (Fsp3) is 0.538. The van der Waals surface area contributed by atoms with Gasteiger partial charge in [-0.25, -0.2) is 0 Å². The Balaban J connectivity index is 1.66. The molecular weight excluding hydrogens is 184 g/mol. The normalized spacial score (nSPS) is 17.6. The summed E-state index contributed by atoms with van der Waals surface area (Å²) in [7, 11) is 0. The highest BCUT2D eigenvalue weighted by molar-refractivity contribution is 5.42. The minimum Gasteiger partial charge on any atom is -0.384 e. The molecule has 0 bridgehead atoms. The molecule has 15 heavy (non-hydrogen) atoms. The molecule has 0 aromatic heterocycles. The first-order chi connectivity index (χ1) is 7.45. The number of rotatable bonds is 4. The molecule has 2 heteroatoms. The summed E-state index contributed by atoms with van der Waals surface area (Å²) in [6, 6.07) is 10.4. The third kappa shape index (κ3) is 3.56. The first-order valence-electron chi connectivity index (χ1n) is 5.96. The van der Waals surface area contributed by atoms with Gasteiger partial charge in [0.1, 0.15) is 0 Å². The van der Waals surface area contributed by atoms with E-state index in [2.05, 4.69) is 40.5 Å². The van der Waals surface area contributed by atoms with Crippen molar-refractivity contribution < 1.29 is 0 Å². The van der Waals surface area contributed by atoms with Crippen molar-refractivity contribution in [2.45, 2.75) is 19.3 Å². The number of nitrogens with zero attached hydrogens (tertiary/aromatic N) is 1. The van der Waals surface area contributed by atoms with Crippen LogP contribution in [0, 0.1) is 0 Å². The summed E-state index contributed by atoms with van der Waals surface area (Å²) in [5.41, 5.74) is 1.23. The van der Waals surface area contributed by atoms with E-state index in [9.17, 15) is 0 Å². The quantitative estimate of drug-likeness (QED) is 0.811. The number of hydrogen-bond acceptors (Lipinski definition) is 2. The highest BCUT2D eigenvalue weighted by Crippen LogP contribution is 2.08. The van der Waals surface area contributed by atoms with E-state index in [-0.39, 0.29) is 0 Å². The Morgan fingerprint density at radius 3 is 2.47 bits per heavy atom. The Morgan fingerprint density at radius 2 is 1.73 bits per heavy atom. The number of benzene rings is 1. The summed E-state index contributed by atoms with van der Waals surface area (Å²) in [5, 5.41) is 3.45. The molecule has 1 aliphatic heterocycles. The average molecular weight is 204 g/mol. The molecule has 0 saturated carbocycles. The van der Waals surface area contributed by atoms with Crippen molar-refractivity contribution in [3.05, 3.63) is 30.3 Å². The van der Waals surface area contributed by atoms with E-state index in [1.165, 1.54) is 44.6 Å². The maximum atomic E-state index is 3.45. The molecule has 82 valence electrons. The van der Waals surface area contributed by atoms with Gasteiger partial charge in [0.05, 0.1) is 0 Å². The van der Waals surface area contributed by atoms with Crippen LogP contribution in [0.2, 0.25) is 0 Å². The predicted molar refractivity (Wildman–Crippen MR) is 65.2 cm³/mol. The van der Waals surface area contributed by atoms with Crippen LogP contribution < -0.4 is 5.32 Å². The van der Waals surface area contributed by atoms with Crippen molar-refractivity contribution in [2.75, 3.05) is 31.5 Å². The maximum Gasteiger partial charge on any atom is 0.0340 e. The van der Waals surface area contributed by atoms with E-state index in [0.29, 0.717) is 0 Å². The van der Waals surface area contributed by atoms with Gasteiger partial charge < -0.3 is 10.2 Å². The number of piperidine rings is 1. The summed E-state index contributed by atoms with van der Waals surface area (Å²) >= 11 is 0. The molecule has 1 saturated heterocycles. The van der Waals surface area contributed by atoms with Crippen LogP contribution in [0.3, 0.4) is 0 Å². The minimum absolute atomic E-state index is 1.06. The SMILES string of the molecule is c1ccc(NCCN2CCCCC2)cc1. The van der Waals surface area contributed by atoms with E-state index in [4.69, 9.17) is 0 Å². The van der Waals surface area contributed by atoms with Crippen molar-refractivity contribution >= 4 is 5.69 Å². The summed E-state index contributed by atoms with van der Waals surface area (Å²) < 4.78 is 0. The third-order valence-corrected chi connectivity index (χ3v) is 2.98. The third-order valence-electron chi connectivity index (χ3n) is 2.98. The molecule has 1 aliphatic rings. The van der Waals surface area contributed by atoms with Gasteiger partial charge in [0.15, 0.2) is 0 Å². The highest BCUT2D eigenvalue weighted by Gasteiger charge is 2.08. The molecule has 0 radical (unpaired) electrons. The van der Waals surface area contributed by atoms with Gasteiger partial charge in [-0.1, -0.05) is 24.6 Å². The van der Waals surface area contributed by atoms with Gasteiger partial charge in [-0.15, -0.1) is 0 Å². The topological polar surface area (TPSA) is 15.3 Å². The lowest BCUT2D eigenvalue weighted by atomic mass is 10.1. The zero-order valence-electron chi connectivity index (χ0n) is 9.28. The van der Waals surface area contributed by atoms with Gasteiger partial charge in [-0.3, -0.25) is 0 Å². The Kier molecular flexibility index (Phi) is 4.03. The second-order valence-corrected chi connectivity index (χ2v) is 4.20. The number of hydrogen-bond donors (Lipinski definition) is 1. The molecule has 0 unspecified atom stereocenters. The monoisotopic (exact) mass is 204 g/mol. The van der Waals surface area contributed by atoms with Crippen molar-refractivity contribution in [2.24, 2.45) is 0 Å². The Morgan fingerprint density at radius 1 is 1.00 bits per heavy atom. The number of anilines is 1. The smallest absolute Gasteiger partial charge is 0.0340 e. The van der Waals surface area contributed by atoms with Crippen LogP contribution in [-0.4, -0.2) is 31.1 Å². The first-order valence-corrected chi connectivity index (χ1v) is 5.96. The van der Waals surface area contributed by atoms with Gasteiger partial charge in [0.25, 0.3) is 0 Å². The summed E-state index contributed by atoms with van der Waals surface area (Å²) in [4.78, 5) is 2.56. The highest BCUT2D eigenvalue weighted by atomic mass is 15.1. The van der Waals surface area contributed by atoms with Gasteiger partial charge in [-0.2, -0.15) is 0 Å². The second-order valence-electron chi connectivity index (χ2n) is 4.20. The Hall–Kier alpha value is -1.02. The van der Waals surface area contributed by atoms with Crippen molar-refractivity contribution in [3.63, 3.8) is 0 Å². The molecule has 1 aromatic rings. The molecule has 1 N–H and O–H groups in total. The average Bonchev–Trinajstić information content (AvgIpc) is 2.32. The van der Waals surface area contributed by atoms with E-state index in [1.807, 2.05) is 0 Å². The van der Waals surface area contributed by atoms with Gasteiger partial charge in [-0.05, 0) is 38.1 Å². The molecule has 2 rings (SSSR count). The fourth-order valence-electron chi connectivity index (χ4n) is 2.10. The second kappa shape index (κ2) is 5.76. The zero-order valence-corrected chi connectivity index (χ0v) is 9.28. The molecule has 1 heterocycles. The Labute approximate surface area is 92.3 Å². The van der Waals surface area contributed by atoms with Crippen LogP contribution >= 0.6 is 0 Å². The van der Waals surface area contributed by atoms with Crippen LogP contribution in [0.5, 0.6) is 0 Å². The molecule has 0 atom stereocenters. The minimum atomic E-state index is 1.06. The predicted octanol–water partition coefficient (Wildman–Crippen LogP) is 2.58. The van der Waals surface area contributed by atoms with Crippen molar-refractivity contribution in [1.82, 2.24) is 4.90 Å². The molecule has 0 aliphatic carbocycles. The van der Waals surface area contributed by atoms with Crippen LogP contribution in [-0.2, 0) is 0 Å². The Bertz CT molecular complexity index is 265. The van der Waals surface area contributed by atoms with E-state index in [0.717, 1.165) is 6.54 Å². The van der Waals surface area contributed by atoms with Crippen LogP contribution in [0.15, 0.2) is 30.3 Å². The summed E-state index contributed by atoms with van der Waals surface area (Å²) in [6.07, 6.45) is 4.18. The molecule has 0 spiro atoms. The lowest BCUT2D eigenvalue weighted by Gasteiger charge is -2.26. The number of para-hydroxylation sites is 1. The van der Waals surface area contributed by atoms with Crippen molar-refractivity contribution in [3.8, 4) is 0 Å². The molecule has 2 nitrogen and oxygen atoms in total. The number of nitrogens with one attached hydrogen (secondary N) is 1. The van der Waals surface area contributed by atoms with E-state index < -0.39 is 0 Å². The maximum absolute atomic E-state index is 3.45. The van der Waals surface area contributed by atoms with Gasteiger partial charge >= 0.3 is 0 Å². The van der Waals surface area contributed by atoms with Crippen LogP contribution in [0.25, 0.3) is 0 Å². The lowest BCUT2D eigenvalue weighted by molar-refractivity contribution is 0.237. The largest absolute Gasteiger partial charge is 0.384 e. The molecular formula is C13H20N2. The zero-order chi connectivity index (χ0) is 10.3.